The molecule has 0 aromatic carbocycles. The van der Waals surface area contributed by atoms with Crippen molar-refractivity contribution in [2.75, 3.05) is 13.2 Å². The maximum absolute atomic E-state index is 13.1. The Morgan fingerprint density at radius 1 is 1.00 bits per heavy atom. The van der Waals surface area contributed by atoms with E-state index in [0.717, 1.165) is 19.3 Å². The van der Waals surface area contributed by atoms with E-state index in [1.165, 1.54) is 32.1 Å². The van der Waals surface area contributed by atoms with Gasteiger partial charge >= 0.3 is 5.97 Å². The molecule has 0 aliphatic carbocycles. The van der Waals surface area contributed by atoms with Gasteiger partial charge in [-0.1, -0.05) is 79.6 Å². The highest BCUT2D eigenvalue weighted by Gasteiger charge is 2.47. The number of aliphatic carboxylic acids is 1. The number of amides is 2. The number of hydrogen-bond donors (Lipinski definition) is 3. The van der Waals surface area contributed by atoms with Gasteiger partial charge in [-0.3, -0.25) is 14.4 Å². The van der Waals surface area contributed by atoms with Gasteiger partial charge in [-0.25, -0.2) is 0 Å². The summed E-state index contributed by atoms with van der Waals surface area (Å²) in [6.07, 6.45) is 8.18. The molecular formula is C28H52N2O6. The van der Waals surface area contributed by atoms with Crippen LogP contribution in [0.4, 0.5) is 0 Å². The molecule has 1 rings (SSSR count). The van der Waals surface area contributed by atoms with Crippen molar-refractivity contribution >= 4 is 17.8 Å². The number of carboxylic acids is 1. The van der Waals surface area contributed by atoms with Crippen molar-refractivity contribution in [3.05, 3.63) is 0 Å². The van der Waals surface area contributed by atoms with E-state index in [9.17, 15) is 19.5 Å². The van der Waals surface area contributed by atoms with E-state index in [0.29, 0.717) is 6.61 Å². The number of carboxylic acid groups (broad SMARTS) is 1. The maximum Gasteiger partial charge on any atom is 0.313 e. The second-order valence-corrected chi connectivity index (χ2v) is 12.6. The molecule has 1 saturated heterocycles. The highest BCUT2D eigenvalue weighted by Crippen LogP contribution is 2.35. The average Bonchev–Trinajstić information content (AvgIpc) is 2.78. The average molecular weight is 513 g/mol. The summed E-state index contributed by atoms with van der Waals surface area (Å²) in [6, 6.07) is -0.698. The molecule has 36 heavy (non-hydrogen) atoms. The zero-order valence-corrected chi connectivity index (χ0v) is 24.2. The molecule has 8 nitrogen and oxygen atoms in total. The van der Waals surface area contributed by atoms with Crippen molar-refractivity contribution in [2.24, 2.45) is 16.2 Å². The van der Waals surface area contributed by atoms with Gasteiger partial charge in [0.25, 0.3) is 0 Å². The molecule has 1 heterocycles. The van der Waals surface area contributed by atoms with Crippen molar-refractivity contribution in [1.29, 1.82) is 0 Å². The normalized spacial score (nSPS) is 21.8. The van der Waals surface area contributed by atoms with Gasteiger partial charge < -0.3 is 25.2 Å². The summed E-state index contributed by atoms with van der Waals surface area (Å²) in [4.78, 5) is 38.4. The SMILES string of the molecule is CCCCCCCCCC(C)(C)C(=O)NC(C)C(C)(CNC(=O)C1OC(C)(C)OCC1(C)C)C(=O)O. The first-order valence-corrected chi connectivity index (χ1v) is 13.6. The molecule has 0 spiro atoms. The molecular weight excluding hydrogens is 460 g/mol. The fourth-order valence-electron chi connectivity index (χ4n) is 4.29. The minimum atomic E-state index is -1.40. The molecule has 1 fully saturated rings. The lowest BCUT2D eigenvalue weighted by Crippen LogP contribution is -2.60. The van der Waals surface area contributed by atoms with Gasteiger partial charge in [0.05, 0.1) is 6.61 Å². The lowest BCUT2D eigenvalue weighted by atomic mass is 9.80. The highest BCUT2D eigenvalue weighted by molar-refractivity contribution is 5.85. The second kappa shape index (κ2) is 13.2. The smallest absolute Gasteiger partial charge is 0.313 e. The molecule has 0 aromatic heterocycles. The molecule has 1 aliphatic rings. The number of nitrogens with one attached hydrogen (secondary N) is 2. The molecule has 0 saturated carbocycles. The van der Waals surface area contributed by atoms with Crippen molar-refractivity contribution < 1.29 is 29.0 Å². The predicted octanol–water partition coefficient (Wildman–Crippen LogP) is 5.04. The van der Waals surface area contributed by atoms with Crippen LogP contribution >= 0.6 is 0 Å². The highest BCUT2D eigenvalue weighted by atomic mass is 16.7. The Morgan fingerprint density at radius 2 is 1.56 bits per heavy atom. The van der Waals surface area contributed by atoms with Crippen LogP contribution in [0.1, 0.15) is 114 Å². The zero-order chi connectivity index (χ0) is 27.8. The summed E-state index contributed by atoms with van der Waals surface area (Å²) in [5, 5.41) is 15.7. The minimum Gasteiger partial charge on any atom is -0.481 e. The molecule has 3 unspecified atom stereocenters. The number of rotatable bonds is 15. The molecule has 3 atom stereocenters. The number of hydrogen-bond acceptors (Lipinski definition) is 5. The van der Waals surface area contributed by atoms with Crippen LogP contribution in [0.3, 0.4) is 0 Å². The summed E-state index contributed by atoms with van der Waals surface area (Å²) in [5.41, 5.74) is -2.57. The van der Waals surface area contributed by atoms with E-state index in [2.05, 4.69) is 17.6 Å². The molecule has 1 aliphatic heterocycles. The van der Waals surface area contributed by atoms with Crippen LogP contribution in [0, 0.1) is 16.2 Å². The first-order valence-electron chi connectivity index (χ1n) is 13.6. The Morgan fingerprint density at radius 3 is 2.11 bits per heavy atom. The van der Waals surface area contributed by atoms with Crippen molar-refractivity contribution in [1.82, 2.24) is 10.6 Å². The van der Waals surface area contributed by atoms with E-state index in [1.807, 2.05) is 27.7 Å². The maximum atomic E-state index is 13.1. The third-order valence-electron chi connectivity index (χ3n) is 7.58. The van der Waals surface area contributed by atoms with Crippen LogP contribution in [0.15, 0.2) is 0 Å². The molecule has 0 bridgehead atoms. The summed E-state index contributed by atoms with van der Waals surface area (Å²) >= 11 is 0. The number of unbranched alkanes of at least 4 members (excludes halogenated alkanes) is 6. The van der Waals surface area contributed by atoms with Gasteiger partial charge in [-0.05, 0) is 34.1 Å². The topological polar surface area (TPSA) is 114 Å². The van der Waals surface area contributed by atoms with E-state index >= 15 is 0 Å². The lowest BCUT2D eigenvalue weighted by Gasteiger charge is -2.45. The molecule has 3 N–H and O–H groups in total. The summed E-state index contributed by atoms with van der Waals surface area (Å²) in [7, 11) is 0. The Balaban J connectivity index is 2.72. The number of carbonyl (C=O) groups is 3. The number of carbonyl (C=O) groups excluding carboxylic acids is 2. The van der Waals surface area contributed by atoms with Crippen molar-refractivity contribution in [3.8, 4) is 0 Å². The quantitative estimate of drug-likeness (QED) is 0.265. The Hall–Kier alpha value is -1.67. The van der Waals surface area contributed by atoms with Crippen molar-refractivity contribution in [2.45, 2.75) is 132 Å². The van der Waals surface area contributed by atoms with Crippen LogP contribution in [-0.2, 0) is 23.9 Å². The first-order chi connectivity index (χ1) is 16.5. The largest absolute Gasteiger partial charge is 0.481 e. The summed E-state index contributed by atoms with van der Waals surface area (Å²) in [6.45, 7) is 16.7. The lowest BCUT2D eigenvalue weighted by molar-refractivity contribution is -0.304. The number of ether oxygens (including phenoxy) is 2. The summed E-state index contributed by atoms with van der Waals surface area (Å²) < 4.78 is 11.5. The Labute approximate surface area is 218 Å². The molecule has 210 valence electrons. The second-order valence-electron chi connectivity index (χ2n) is 12.6. The van der Waals surface area contributed by atoms with Crippen molar-refractivity contribution in [3.63, 3.8) is 0 Å². The molecule has 8 heteroatoms. The third-order valence-corrected chi connectivity index (χ3v) is 7.58. The first kappa shape index (κ1) is 32.4. The van der Waals surface area contributed by atoms with Crippen LogP contribution < -0.4 is 10.6 Å². The summed E-state index contributed by atoms with van der Waals surface area (Å²) in [5.74, 6) is -2.55. The fraction of sp³-hybridized carbons (Fsp3) is 0.893. The minimum absolute atomic E-state index is 0.141. The molecule has 0 aromatic rings. The van der Waals surface area contributed by atoms with Gasteiger partial charge in [-0.2, -0.15) is 0 Å². The Bertz CT molecular complexity index is 748. The Kier molecular flexibility index (Phi) is 11.9. The van der Waals surface area contributed by atoms with Gasteiger partial charge in [0, 0.05) is 23.4 Å². The van der Waals surface area contributed by atoms with E-state index in [1.54, 1.807) is 27.7 Å². The zero-order valence-electron chi connectivity index (χ0n) is 24.2. The molecule has 2 amide bonds. The third kappa shape index (κ3) is 9.33. The molecule has 0 radical (unpaired) electrons. The van der Waals surface area contributed by atoms with E-state index in [4.69, 9.17) is 9.47 Å². The van der Waals surface area contributed by atoms with Gasteiger partial charge in [0.1, 0.15) is 11.5 Å². The van der Waals surface area contributed by atoms with E-state index < -0.39 is 40.1 Å². The van der Waals surface area contributed by atoms with Gasteiger partial charge in [0.2, 0.25) is 11.8 Å². The van der Waals surface area contributed by atoms with E-state index in [-0.39, 0.29) is 18.4 Å². The van der Waals surface area contributed by atoms with Crippen LogP contribution in [0.25, 0.3) is 0 Å². The van der Waals surface area contributed by atoms with Crippen LogP contribution in [0.5, 0.6) is 0 Å². The van der Waals surface area contributed by atoms with Crippen LogP contribution in [0.2, 0.25) is 0 Å². The predicted molar refractivity (Wildman–Crippen MR) is 141 cm³/mol. The standard InChI is InChI=1S/C28H52N2O6/c1-10-11-12-13-14-15-16-17-25(3,4)23(32)30-20(2)28(9,24(33)34)18-29-22(31)21-26(5,6)19-35-27(7,8)36-21/h20-21H,10-19H2,1-9H3,(H,29,31)(H,30,32)(H,33,34). The van der Waals surface area contributed by atoms with Crippen LogP contribution in [-0.4, -0.2) is 54.0 Å². The van der Waals surface area contributed by atoms with Gasteiger partial charge in [-0.15, -0.1) is 0 Å². The van der Waals surface area contributed by atoms with Gasteiger partial charge in [0.15, 0.2) is 5.79 Å². The fourth-order valence-corrected chi connectivity index (χ4v) is 4.29. The monoisotopic (exact) mass is 512 g/mol.